The van der Waals surface area contributed by atoms with Crippen LogP contribution >= 0.6 is 0 Å². The molecule has 29 heavy (non-hydrogen) atoms. The fourth-order valence-corrected chi connectivity index (χ4v) is 3.54. The third-order valence-electron chi connectivity index (χ3n) is 4.88. The number of likely N-dealkylation sites (N-methyl/N-ethyl adjacent to an activating group) is 1. The van der Waals surface area contributed by atoms with Gasteiger partial charge in [0.25, 0.3) is 0 Å². The van der Waals surface area contributed by atoms with Gasteiger partial charge in [0.1, 0.15) is 24.3 Å². The summed E-state index contributed by atoms with van der Waals surface area (Å²) >= 11 is 0. The van der Waals surface area contributed by atoms with Gasteiger partial charge in [0.2, 0.25) is 5.88 Å². The standard InChI is InChI=1S/C18H18FN5O2.C2H6O/c1-22-4-5-23-14(9-22)10-24-17(23)7-16(21-18(24)25)26-11-12-2-3-15(19)13(6-12)8-20;1-2-3/h2-3,6-7,14H,4-5,9-11H2,1H3;3H,2H2,1H3. The first kappa shape index (κ1) is 20.8. The fourth-order valence-electron chi connectivity index (χ4n) is 3.54. The molecule has 0 amide bonds. The van der Waals surface area contributed by atoms with Gasteiger partial charge in [0, 0.05) is 32.3 Å². The number of nitriles is 1. The summed E-state index contributed by atoms with van der Waals surface area (Å²) < 4.78 is 20.7. The highest BCUT2D eigenvalue weighted by Crippen LogP contribution is 2.28. The van der Waals surface area contributed by atoms with E-state index < -0.39 is 5.82 Å². The van der Waals surface area contributed by atoms with Gasteiger partial charge < -0.3 is 19.6 Å². The number of aromatic nitrogens is 2. The van der Waals surface area contributed by atoms with Gasteiger partial charge in [-0.3, -0.25) is 4.57 Å². The molecule has 4 rings (SSSR count). The van der Waals surface area contributed by atoms with Crippen molar-refractivity contribution in [2.75, 3.05) is 38.2 Å². The van der Waals surface area contributed by atoms with E-state index in [1.807, 2.05) is 0 Å². The molecular formula is C20H24FN5O3. The summed E-state index contributed by atoms with van der Waals surface area (Å²) in [5.41, 5.74) is 0.280. The van der Waals surface area contributed by atoms with Crippen LogP contribution in [0.2, 0.25) is 0 Å². The van der Waals surface area contributed by atoms with Crippen molar-refractivity contribution >= 4 is 5.82 Å². The minimum Gasteiger partial charge on any atom is -0.473 e. The van der Waals surface area contributed by atoms with Crippen LogP contribution in [0.5, 0.6) is 5.88 Å². The van der Waals surface area contributed by atoms with Gasteiger partial charge in [0.15, 0.2) is 0 Å². The molecule has 1 atom stereocenters. The third-order valence-corrected chi connectivity index (χ3v) is 4.88. The number of nitrogens with zero attached hydrogens (tertiary/aromatic N) is 5. The van der Waals surface area contributed by atoms with Crippen molar-refractivity contribution in [1.29, 1.82) is 5.26 Å². The molecule has 0 bridgehead atoms. The van der Waals surface area contributed by atoms with E-state index in [0.717, 1.165) is 25.5 Å². The topological polar surface area (TPSA) is 94.6 Å². The Hall–Kier alpha value is -2.96. The lowest BCUT2D eigenvalue weighted by Crippen LogP contribution is -2.50. The molecule has 1 aromatic heterocycles. The maximum absolute atomic E-state index is 13.4. The molecular weight excluding hydrogens is 377 g/mol. The highest BCUT2D eigenvalue weighted by Gasteiger charge is 2.34. The van der Waals surface area contributed by atoms with E-state index in [-0.39, 0.29) is 36.4 Å². The van der Waals surface area contributed by atoms with Gasteiger partial charge in [0.05, 0.1) is 18.2 Å². The molecule has 2 aliphatic rings. The lowest BCUT2D eigenvalue weighted by Gasteiger charge is -2.36. The monoisotopic (exact) mass is 401 g/mol. The van der Waals surface area contributed by atoms with Crippen LogP contribution in [0, 0.1) is 17.1 Å². The number of anilines is 1. The van der Waals surface area contributed by atoms with Gasteiger partial charge in [-0.15, -0.1) is 0 Å². The third kappa shape index (κ3) is 4.55. The summed E-state index contributed by atoms with van der Waals surface area (Å²) in [5.74, 6) is 0.504. The average molecular weight is 401 g/mol. The van der Waals surface area contributed by atoms with Crippen LogP contribution in [0.25, 0.3) is 0 Å². The van der Waals surface area contributed by atoms with Crippen molar-refractivity contribution in [3.63, 3.8) is 0 Å². The molecule has 0 spiro atoms. The molecule has 1 aromatic carbocycles. The van der Waals surface area contributed by atoms with Crippen molar-refractivity contribution in [3.05, 3.63) is 51.7 Å². The predicted molar refractivity (Wildman–Crippen MR) is 105 cm³/mol. The first-order chi connectivity index (χ1) is 14.0. The zero-order valence-electron chi connectivity index (χ0n) is 16.5. The number of piperazine rings is 1. The van der Waals surface area contributed by atoms with E-state index in [4.69, 9.17) is 15.1 Å². The Morgan fingerprint density at radius 2 is 2.10 bits per heavy atom. The predicted octanol–water partition coefficient (Wildman–Crippen LogP) is 0.966. The molecule has 154 valence electrons. The number of benzene rings is 1. The van der Waals surface area contributed by atoms with Crippen molar-refractivity contribution in [2.45, 2.75) is 26.1 Å². The normalized spacial score (nSPS) is 17.6. The maximum atomic E-state index is 13.4. The molecule has 3 heterocycles. The largest absolute Gasteiger partial charge is 0.473 e. The zero-order chi connectivity index (χ0) is 21.0. The molecule has 8 nitrogen and oxygen atoms in total. The van der Waals surface area contributed by atoms with Crippen LogP contribution in [-0.2, 0) is 13.2 Å². The molecule has 1 saturated heterocycles. The van der Waals surface area contributed by atoms with Crippen molar-refractivity contribution in [3.8, 4) is 11.9 Å². The summed E-state index contributed by atoms with van der Waals surface area (Å²) in [5, 5.41) is 16.5. The molecule has 0 radical (unpaired) electrons. The first-order valence-electron chi connectivity index (χ1n) is 9.46. The Bertz CT molecular complexity index is 972. The van der Waals surface area contributed by atoms with Gasteiger partial charge in [-0.05, 0) is 31.7 Å². The smallest absolute Gasteiger partial charge is 0.352 e. The second-order valence-corrected chi connectivity index (χ2v) is 6.99. The number of rotatable bonds is 3. The molecule has 2 aliphatic heterocycles. The zero-order valence-corrected chi connectivity index (χ0v) is 16.5. The van der Waals surface area contributed by atoms with Gasteiger partial charge >= 0.3 is 5.69 Å². The Kier molecular flexibility index (Phi) is 6.46. The Balaban J connectivity index is 0.000000755. The lowest BCUT2D eigenvalue weighted by molar-refractivity contribution is 0.268. The number of aliphatic hydroxyl groups is 1. The molecule has 0 saturated carbocycles. The van der Waals surface area contributed by atoms with Crippen LogP contribution in [0.3, 0.4) is 0 Å². The van der Waals surface area contributed by atoms with Crippen LogP contribution in [0.15, 0.2) is 29.1 Å². The van der Waals surface area contributed by atoms with Crippen molar-refractivity contribution < 1.29 is 14.2 Å². The van der Waals surface area contributed by atoms with E-state index in [2.05, 4.69) is 21.8 Å². The quantitative estimate of drug-likeness (QED) is 0.819. The minimum absolute atomic E-state index is 0.0339. The second-order valence-electron chi connectivity index (χ2n) is 6.99. The van der Waals surface area contributed by atoms with Crippen molar-refractivity contribution in [2.24, 2.45) is 0 Å². The molecule has 2 aromatic rings. The van der Waals surface area contributed by atoms with E-state index in [1.165, 1.54) is 12.1 Å². The van der Waals surface area contributed by atoms with Crippen LogP contribution in [-0.4, -0.2) is 58.9 Å². The molecule has 0 aliphatic carbocycles. The van der Waals surface area contributed by atoms with E-state index in [9.17, 15) is 9.18 Å². The summed E-state index contributed by atoms with van der Waals surface area (Å²) in [6.07, 6.45) is 0. The van der Waals surface area contributed by atoms with Gasteiger partial charge in [-0.2, -0.15) is 10.2 Å². The second kappa shape index (κ2) is 9.03. The summed E-state index contributed by atoms with van der Waals surface area (Å²) in [6, 6.07) is 8.07. The van der Waals surface area contributed by atoms with Gasteiger partial charge in [-0.1, -0.05) is 6.07 Å². The average Bonchev–Trinajstić information content (AvgIpc) is 3.06. The fraction of sp³-hybridized carbons (Fsp3) is 0.450. The van der Waals surface area contributed by atoms with Gasteiger partial charge in [-0.25, -0.2) is 9.18 Å². The number of ether oxygens (including phenoxy) is 1. The van der Waals surface area contributed by atoms with E-state index >= 15 is 0 Å². The molecule has 1 unspecified atom stereocenters. The van der Waals surface area contributed by atoms with Crippen LogP contribution in [0.1, 0.15) is 18.1 Å². The van der Waals surface area contributed by atoms with E-state index in [1.54, 1.807) is 29.7 Å². The lowest BCUT2D eigenvalue weighted by atomic mass is 10.1. The summed E-state index contributed by atoms with van der Waals surface area (Å²) in [4.78, 5) is 20.8. The van der Waals surface area contributed by atoms with Crippen molar-refractivity contribution in [1.82, 2.24) is 14.5 Å². The Morgan fingerprint density at radius 3 is 2.83 bits per heavy atom. The molecule has 9 heteroatoms. The van der Waals surface area contributed by atoms with Crippen LogP contribution in [0.4, 0.5) is 10.2 Å². The summed E-state index contributed by atoms with van der Waals surface area (Å²) in [7, 11) is 2.08. The number of fused-ring (bicyclic) bond motifs is 3. The molecule has 1 N–H and O–H groups in total. The SMILES string of the molecule is CCO.CN1CCN2c3cc(OCc4ccc(F)c(C#N)c4)nc(=O)n3CC2C1. The number of aliphatic hydroxyl groups excluding tert-OH is 1. The highest BCUT2D eigenvalue weighted by atomic mass is 19.1. The first-order valence-corrected chi connectivity index (χ1v) is 9.46. The number of halogens is 1. The molecule has 1 fully saturated rings. The van der Waals surface area contributed by atoms with E-state index in [0.29, 0.717) is 12.1 Å². The maximum Gasteiger partial charge on any atom is 0.352 e. The Morgan fingerprint density at radius 1 is 1.34 bits per heavy atom. The number of hydrogen-bond acceptors (Lipinski definition) is 7. The van der Waals surface area contributed by atoms with Crippen LogP contribution < -0.4 is 15.3 Å². The number of hydrogen-bond donors (Lipinski definition) is 1. The highest BCUT2D eigenvalue weighted by molar-refractivity contribution is 5.47. The summed E-state index contributed by atoms with van der Waals surface area (Å²) in [6.45, 7) is 5.37. The Labute approximate surface area is 168 Å². The minimum atomic E-state index is -0.564.